The third-order valence-corrected chi connectivity index (χ3v) is 5.97. The molecule has 7 heteroatoms. The lowest BCUT2D eigenvalue weighted by Crippen LogP contribution is -2.33. The monoisotopic (exact) mass is 448 g/mol. The lowest BCUT2D eigenvalue weighted by molar-refractivity contribution is -0.0835. The molecular weight excluding hydrogens is 420 g/mol. The van der Waals surface area contributed by atoms with Crippen LogP contribution in [0.2, 0.25) is 0 Å². The van der Waals surface area contributed by atoms with Crippen molar-refractivity contribution in [1.29, 1.82) is 0 Å². The predicted octanol–water partition coefficient (Wildman–Crippen LogP) is 3.84. The summed E-state index contributed by atoms with van der Waals surface area (Å²) in [6.45, 7) is 3.11. The SMILES string of the molecule is COc1ccc(OC)c2c1CCn1c-2c(Oc2ccccc2)ccc1=NCC1COCCO1. The van der Waals surface area contributed by atoms with Crippen LogP contribution in [0.15, 0.2) is 59.6 Å². The third-order valence-electron chi connectivity index (χ3n) is 5.97. The number of ether oxygens (including phenoxy) is 5. The minimum absolute atomic E-state index is 0.0271. The van der Waals surface area contributed by atoms with Crippen molar-refractivity contribution >= 4 is 0 Å². The van der Waals surface area contributed by atoms with Gasteiger partial charge in [-0.05, 0) is 42.8 Å². The number of rotatable bonds is 6. The summed E-state index contributed by atoms with van der Waals surface area (Å²) in [6, 6.07) is 17.7. The summed E-state index contributed by atoms with van der Waals surface area (Å²) in [4.78, 5) is 4.89. The molecule has 3 heterocycles. The molecule has 33 heavy (non-hydrogen) atoms. The number of fused-ring (bicyclic) bond motifs is 3. The van der Waals surface area contributed by atoms with Crippen LogP contribution in [0.1, 0.15) is 5.56 Å². The molecule has 2 aliphatic rings. The van der Waals surface area contributed by atoms with Gasteiger partial charge in [0, 0.05) is 12.1 Å². The molecule has 0 amide bonds. The van der Waals surface area contributed by atoms with Gasteiger partial charge in [-0.2, -0.15) is 0 Å². The lowest BCUT2D eigenvalue weighted by atomic mass is 9.94. The molecule has 2 aromatic carbocycles. The van der Waals surface area contributed by atoms with E-state index in [0.717, 1.165) is 58.3 Å². The second-order valence-electron chi connectivity index (χ2n) is 7.95. The molecule has 2 aliphatic heterocycles. The van der Waals surface area contributed by atoms with E-state index in [0.29, 0.717) is 26.4 Å². The molecular formula is C26H28N2O5. The van der Waals surface area contributed by atoms with E-state index in [1.807, 2.05) is 54.6 Å². The molecule has 172 valence electrons. The van der Waals surface area contributed by atoms with Crippen LogP contribution in [-0.4, -0.2) is 51.3 Å². The number of nitrogens with zero attached hydrogens (tertiary/aromatic N) is 2. The quantitative estimate of drug-likeness (QED) is 0.574. The van der Waals surface area contributed by atoms with Crippen molar-refractivity contribution in [3.8, 4) is 34.3 Å². The van der Waals surface area contributed by atoms with E-state index in [1.54, 1.807) is 14.2 Å². The topological polar surface area (TPSA) is 63.4 Å². The van der Waals surface area contributed by atoms with Gasteiger partial charge in [0.1, 0.15) is 28.8 Å². The van der Waals surface area contributed by atoms with E-state index in [1.165, 1.54) is 0 Å². The zero-order valence-corrected chi connectivity index (χ0v) is 19.0. The Labute approximate surface area is 193 Å². The number of para-hydroxylation sites is 1. The summed E-state index contributed by atoms with van der Waals surface area (Å²) in [5.41, 5.74) is 3.88. The minimum atomic E-state index is -0.0271. The average Bonchev–Trinajstić information content (AvgIpc) is 2.88. The molecule has 1 aromatic heterocycles. The largest absolute Gasteiger partial charge is 0.496 e. The predicted molar refractivity (Wildman–Crippen MR) is 124 cm³/mol. The summed E-state index contributed by atoms with van der Waals surface area (Å²) in [7, 11) is 3.39. The minimum Gasteiger partial charge on any atom is -0.496 e. The highest BCUT2D eigenvalue weighted by Gasteiger charge is 2.27. The van der Waals surface area contributed by atoms with Crippen LogP contribution < -0.4 is 19.7 Å². The van der Waals surface area contributed by atoms with Crippen LogP contribution in [0.3, 0.4) is 0 Å². The van der Waals surface area contributed by atoms with Gasteiger partial charge in [-0.3, -0.25) is 4.99 Å². The molecule has 1 saturated heterocycles. The number of aromatic nitrogens is 1. The fraction of sp³-hybridized carbons (Fsp3) is 0.346. The molecule has 0 aliphatic carbocycles. The van der Waals surface area contributed by atoms with Crippen molar-refractivity contribution in [3.05, 3.63) is 65.6 Å². The summed E-state index contributed by atoms with van der Waals surface area (Å²) >= 11 is 0. The Bertz CT molecular complexity index is 1180. The Morgan fingerprint density at radius 2 is 1.73 bits per heavy atom. The van der Waals surface area contributed by atoms with Gasteiger partial charge in [0.2, 0.25) is 0 Å². The highest BCUT2D eigenvalue weighted by molar-refractivity contribution is 5.79. The molecule has 0 spiro atoms. The molecule has 0 radical (unpaired) electrons. The van der Waals surface area contributed by atoms with Crippen molar-refractivity contribution in [2.45, 2.75) is 19.1 Å². The molecule has 3 aromatic rings. The molecule has 0 bridgehead atoms. The van der Waals surface area contributed by atoms with Gasteiger partial charge in [0.05, 0.1) is 51.8 Å². The maximum absolute atomic E-state index is 6.35. The first kappa shape index (κ1) is 21.6. The summed E-state index contributed by atoms with van der Waals surface area (Å²) < 4.78 is 31.3. The number of methoxy groups -OCH3 is 2. The van der Waals surface area contributed by atoms with Crippen molar-refractivity contribution in [3.63, 3.8) is 0 Å². The fourth-order valence-corrected chi connectivity index (χ4v) is 4.42. The third kappa shape index (κ3) is 4.34. The molecule has 1 fully saturated rings. The van der Waals surface area contributed by atoms with Crippen LogP contribution in [0.5, 0.6) is 23.0 Å². The van der Waals surface area contributed by atoms with Crippen LogP contribution >= 0.6 is 0 Å². The van der Waals surface area contributed by atoms with Crippen molar-refractivity contribution in [1.82, 2.24) is 4.57 Å². The Morgan fingerprint density at radius 1 is 0.939 bits per heavy atom. The standard InChI is InChI=1S/C26H28N2O5/c1-29-21-8-9-22(30-2)25-20(21)12-13-28-24(27-16-19-17-31-14-15-32-19)11-10-23(26(25)28)33-18-6-4-3-5-7-18/h3-11,19H,12-17H2,1-2H3. The zero-order valence-electron chi connectivity index (χ0n) is 19.0. The Kier molecular flexibility index (Phi) is 6.32. The summed E-state index contributed by atoms with van der Waals surface area (Å²) in [5, 5.41) is 0. The zero-order chi connectivity index (χ0) is 22.6. The lowest BCUT2D eigenvalue weighted by Gasteiger charge is -2.28. The van der Waals surface area contributed by atoms with E-state index < -0.39 is 0 Å². The average molecular weight is 449 g/mol. The highest BCUT2D eigenvalue weighted by Crippen LogP contribution is 2.45. The number of hydrogen-bond donors (Lipinski definition) is 0. The first-order valence-corrected chi connectivity index (χ1v) is 11.2. The Hall–Kier alpha value is -3.29. The van der Waals surface area contributed by atoms with Gasteiger partial charge < -0.3 is 28.3 Å². The molecule has 0 N–H and O–H groups in total. The van der Waals surface area contributed by atoms with Crippen molar-refractivity contribution in [2.24, 2.45) is 4.99 Å². The smallest absolute Gasteiger partial charge is 0.152 e. The van der Waals surface area contributed by atoms with Crippen LogP contribution in [0.4, 0.5) is 0 Å². The first-order valence-electron chi connectivity index (χ1n) is 11.2. The van der Waals surface area contributed by atoms with Gasteiger partial charge in [0.25, 0.3) is 0 Å². The normalized spacial score (nSPS) is 17.8. The number of benzene rings is 2. The second kappa shape index (κ2) is 9.68. The van der Waals surface area contributed by atoms with Crippen LogP contribution in [0.25, 0.3) is 11.3 Å². The highest BCUT2D eigenvalue weighted by atomic mass is 16.6. The maximum Gasteiger partial charge on any atom is 0.152 e. The molecule has 5 rings (SSSR count). The van der Waals surface area contributed by atoms with Crippen molar-refractivity contribution < 1.29 is 23.7 Å². The number of pyridine rings is 1. The first-order chi connectivity index (χ1) is 16.3. The Morgan fingerprint density at radius 3 is 2.48 bits per heavy atom. The van der Waals surface area contributed by atoms with Crippen LogP contribution in [0, 0.1) is 0 Å². The number of hydrogen-bond acceptors (Lipinski definition) is 6. The van der Waals surface area contributed by atoms with Gasteiger partial charge >= 0.3 is 0 Å². The van der Waals surface area contributed by atoms with Gasteiger partial charge in [-0.15, -0.1) is 0 Å². The van der Waals surface area contributed by atoms with E-state index in [4.69, 9.17) is 28.7 Å². The van der Waals surface area contributed by atoms with E-state index >= 15 is 0 Å². The Balaban J connectivity index is 1.66. The van der Waals surface area contributed by atoms with Crippen LogP contribution in [-0.2, 0) is 22.4 Å². The van der Waals surface area contributed by atoms with Gasteiger partial charge in [0.15, 0.2) is 5.75 Å². The van der Waals surface area contributed by atoms with E-state index in [9.17, 15) is 0 Å². The second-order valence-corrected chi connectivity index (χ2v) is 7.95. The summed E-state index contributed by atoms with van der Waals surface area (Å²) in [6.07, 6.45) is 0.772. The van der Waals surface area contributed by atoms with E-state index in [-0.39, 0.29) is 6.10 Å². The molecule has 1 atom stereocenters. The molecule has 0 saturated carbocycles. The molecule has 7 nitrogen and oxygen atoms in total. The van der Waals surface area contributed by atoms with E-state index in [2.05, 4.69) is 4.57 Å². The fourth-order valence-electron chi connectivity index (χ4n) is 4.42. The van der Waals surface area contributed by atoms with Crippen molar-refractivity contribution in [2.75, 3.05) is 40.6 Å². The van der Waals surface area contributed by atoms with Gasteiger partial charge in [-0.1, -0.05) is 18.2 Å². The molecule has 1 unspecified atom stereocenters. The van der Waals surface area contributed by atoms with Gasteiger partial charge in [-0.25, -0.2) is 0 Å². The summed E-state index contributed by atoms with van der Waals surface area (Å²) in [5.74, 6) is 3.13. The maximum atomic E-state index is 6.35.